The molecule has 1 fully saturated rings. The number of thioether (sulfide) groups is 1. The average Bonchev–Trinajstić information content (AvgIpc) is 2.76. The monoisotopic (exact) mass is 253 g/mol. The summed E-state index contributed by atoms with van der Waals surface area (Å²) in [6, 6.07) is 0.403. The number of hydrogen-bond acceptors (Lipinski definition) is 3. The van der Waals surface area contributed by atoms with Crippen LogP contribution in [0.3, 0.4) is 0 Å². The van der Waals surface area contributed by atoms with Gasteiger partial charge in [0.15, 0.2) is 0 Å². The first kappa shape index (κ1) is 13.0. The highest BCUT2D eigenvalue weighted by atomic mass is 32.2. The second-order valence-corrected chi connectivity index (χ2v) is 6.25. The highest BCUT2D eigenvalue weighted by Gasteiger charge is 2.35. The molecule has 1 aromatic heterocycles. The molecular weight excluding hydrogens is 230 g/mol. The second kappa shape index (κ2) is 5.44. The van der Waals surface area contributed by atoms with Crippen LogP contribution in [0.4, 0.5) is 0 Å². The van der Waals surface area contributed by atoms with Crippen molar-refractivity contribution in [2.75, 3.05) is 12.8 Å². The van der Waals surface area contributed by atoms with Gasteiger partial charge in [-0.15, -0.1) is 0 Å². The van der Waals surface area contributed by atoms with E-state index in [1.165, 1.54) is 24.8 Å². The van der Waals surface area contributed by atoms with E-state index < -0.39 is 0 Å². The summed E-state index contributed by atoms with van der Waals surface area (Å²) in [5.74, 6) is 0. The van der Waals surface area contributed by atoms with Crippen LogP contribution in [-0.4, -0.2) is 27.3 Å². The summed E-state index contributed by atoms with van der Waals surface area (Å²) < 4.78 is 2.50. The molecule has 96 valence electrons. The Hall–Kier alpha value is -0.480. The van der Waals surface area contributed by atoms with Crippen molar-refractivity contribution >= 4 is 11.8 Å². The minimum atomic E-state index is 0.403. The Balaban J connectivity index is 1.86. The average molecular weight is 253 g/mol. The second-order valence-electron chi connectivity index (χ2n) is 4.97. The summed E-state index contributed by atoms with van der Waals surface area (Å²) in [5, 5.41) is 7.98. The molecule has 17 heavy (non-hydrogen) atoms. The van der Waals surface area contributed by atoms with Gasteiger partial charge in [-0.3, -0.25) is 4.68 Å². The van der Waals surface area contributed by atoms with Gasteiger partial charge in [0, 0.05) is 35.6 Å². The molecule has 1 heterocycles. The van der Waals surface area contributed by atoms with Crippen LogP contribution in [0, 0.1) is 0 Å². The molecule has 0 saturated heterocycles. The zero-order valence-corrected chi connectivity index (χ0v) is 11.9. The minimum Gasteiger partial charge on any atom is -0.309 e. The molecular formula is C13H23N3S. The molecule has 1 N–H and O–H groups in total. The molecule has 1 unspecified atom stereocenters. The fraction of sp³-hybridized carbons (Fsp3) is 0.769. The standard InChI is InChI=1S/C13H23N3S/c1-4-16-9-12(8-15-16)11(2)14-10-13(17-3)6-5-7-13/h8-9,11,14H,4-7,10H2,1-3H3. The number of nitrogens with one attached hydrogen (secondary N) is 1. The molecule has 0 aliphatic heterocycles. The molecule has 0 aromatic carbocycles. The van der Waals surface area contributed by atoms with Gasteiger partial charge in [0.25, 0.3) is 0 Å². The molecule has 1 aromatic rings. The van der Waals surface area contributed by atoms with E-state index in [0.29, 0.717) is 10.8 Å². The molecule has 1 aliphatic rings. The summed E-state index contributed by atoms with van der Waals surface area (Å²) in [5.41, 5.74) is 1.29. The summed E-state index contributed by atoms with van der Waals surface area (Å²) in [6.45, 7) is 6.41. The Kier molecular flexibility index (Phi) is 4.15. The molecule has 4 heteroatoms. The van der Waals surface area contributed by atoms with Gasteiger partial charge in [0.05, 0.1) is 6.20 Å². The van der Waals surface area contributed by atoms with Gasteiger partial charge in [-0.05, 0) is 32.9 Å². The van der Waals surface area contributed by atoms with E-state index in [2.05, 4.69) is 36.7 Å². The van der Waals surface area contributed by atoms with Crippen LogP contribution in [0.25, 0.3) is 0 Å². The number of nitrogens with zero attached hydrogens (tertiary/aromatic N) is 2. The molecule has 0 spiro atoms. The summed E-state index contributed by atoms with van der Waals surface area (Å²) in [6.07, 6.45) is 10.5. The zero-order valence-electron chi connectivity index (χ0n) is 11.1. The van der Waals surface area contributed by atoms with E-state index in [9.17, 15) is 0 Å². The van der Waals surface area contributed by atoms with Crippen LogP contribution >= 0.6 is 11.8 Å². The highest BCUT2D eigenvalue weighted by Crippen LogP contribution is 2.42. The van der Waals surface area contributed by atoms with E-state index in [1.54, 1.807) is 0 Å². The third-order valence-corrected chi connectivity index (χ3v) is 5.32. The Morgan fingerprint density at radius 2 is 2.35 bits per heavy atom. The van der Waals surface area contributed by atoms with Crippen LogP contribution < -0.4 is 5.32 Å². The van der Waals surface area contributed by atoms with Crippen molar-refractivity contribution in [3.63, 3.8) is 0 Å². The predicted octanol–water partition coefficient (Wildman–Crippen LogP) is 2.84. The Morgan fingerprint density at radius 3 is 2.82 bits per heavy atom. The van der Waals surface area contributed by atoms with Crippen molar-refractivity contribution in [1.29, 1.82) is 0 Å². The minimum absolute atomic E-state index is 0.403. The van der Waals surface area contributed by atoms with E-state index in [0.717, 1.165) is 13.1 Å². The number of hydrogen-bond donors (Lipinski definition) is 1. The molecule has 0 amide bonds. The SMILES string of the molecule is CCn1cc(C(C)NCC2(SC)CCC2)cn1. The molecule has 2 rings (SSSR count). The maximum atomic E-state index is 4.33. The molecule has 1 aliphatic carbocycles. The van der Waals surface area contributed by atoms with Gasteiger partial charge >= 0.3 is 0 Å². The molecule has 0 radical (unpaired) electrons. The third-order valence-electron chi connectivity index (χ3n) is 3.91. The van der Waals surface area contributed by atoms with Crippen molar-refractivity contribution in [3.05, 3.63) is 18.0 Å². The smallest absolute Gasteiger partial charge is 0.0537 e. The lowest BCUT2D eigenvalue weighted by atomic mass is 9.84. The summed E-state index contributed by atoms with van der Waals surface area (Å²) in [4.78, 5) is 0. The molecule has 3 nitrogen and oxygen atoms in total. The zero-order chi connectivity index (χ0) is 12.3. The summed E-state index contributed by atoms with van der Waals surface area (Å²) in [7, 11) is 0. The molecule has 1 saturated carbocycles. The van der Waals surface area contributed by atoms with Gasteiger partial charge in [0.1, 0.15) is 0 Å². The van der Waals surface area contributed by atoms with Crippen molar-refractivity contribution in [2.24, 2.45) is 0 Å². The normalized spacial score (nSPS) is 19.9. The predicted molar refractivity (Wildman–Crippen MR) is 74.4 cm³/mol. The van der Waals surface area contributed by atoms with Gasteiger partial charge < -0.3 is 5.32 Å². The maximum Gasteiger partial charge on any atom is 0.0537 e. The highest BCUT2D eigenvalue weighted by molar-refractivity contribution is 8.00. The van der Waals surface area contributed by atoms with Gasteiger partial charge in [-0.2, -0.15) is 16.9 Å². The largest absolute Gasteiger partial charge is 0.309 e. The Bertz CT molecular complexity index is 352. The van der Waals surface area contributed by atoms with E-state index in [4.69, 9.17) is 0 Å². The number of rotatable bonds is 6. The lowest BCUT2D eigenvalue weighted by Crippen LogP contribution is -2.43. The number of aromatic nitrogens is 2. The van der Waals surface area contributed by atoms with Crippen molar-refractivity contribution in [3.8, 4) is 0 Å². The quantitative estimate of drug-likeness (QED) is 0.845. The number of aryl methyl sites for hydroxylation is 1. The first-order valence-electron chi connectivity index (χ1n) is 6.50. The third kappa shape index (κ3) is 2.86. The van der Waals surface area contributed by atoms with E-state index >= 15 is 0 Å². The fourth-order valence-electron chi connectivity index (χ4n) is 2.26. The van der Waals surface area contributed by atoms with Crippen LogP contribution in [0.2, 0.25) is 0 Å². The Labute approximate surface area is 108 Å². The maximum absolute atomic E-state index is 4.33. The summed E-state index contributed by atoms with van der Waals surface area (Å²) >= 11 is 2.02. The van der Waals surface area contributed by atoms with Gasteiger partial charge in [-0.25, -0.2) is 0 Å². The molecule has 1 atom stereocenters. The van der Waals surface area contributed by atoms with Crippen LogP contribution in [0.15, 0.2) is 12.4 Å². The molecule has 0 bridgehead atoms. The fourth-order valence-corrected chi connectivity index (χ4v) is 3.18. The first-order valence-corrected chi connectivity index (χ1v) is 7.72. The van der Waals surface area contributed by atoms with Gasteiger partial charge in [-0.1, -0.05) is 6.42 Å². The van der Waals surface area contributed by atoms with Crippen LogP contribution in [0.1, 0.15) is 44.7 Å². The van der Waals surface area contributed by atoms with Crippen LogP contribution in [0.5, 0.6) is 0 Å². The lowest BCUT2D eigenvalue weighted by Gasteiger charge is -2.41. The van der Waals surface area contributed by atoms with Crippen molar-refractivity contribution in [1.82, 2.24) is 15.1 Å². The first-order chi connectivity index (χ1) is 8.19. The van der Waals surface area contributed by atoms with E-state index in [1.807, 2.05) is 22.6 Å². The van der Waals surface area contributed by atoms with Crippen LogP contribution in [-0.2, 0) is 6.54 Å². The topological polar surface area (TPSA) is 29.9 Å². The van der Waals surface area contributed by atoms with Gasteiger partial charge in [0.2, 0.25) is 0 Å². The van der Waals surface area contributed by atoms with E-state index in [-0.39, 0.29) is 0 Å². The Morgan fingerprint density at radius 1 is 1.59 bits per heavy atom. The van der Waals surface area contributed by atoms with Crippen molar-refractivity contribution < 1.29 is 0 Å². The lowest BCUT2D eigenvalue weighted by molar-refractivity contribution is 0.334. The van der Waals surface area contributed by atoms with Crippen molar-refractivity contribution in [2.45, 2.75) is 50.4 Å².